The van der Waals surface area contributed by atoms with Gasteiger partial charge < -0.3 is 14.2 Å². The van der Waals surface area contributed by atoms with Gasteiger partial charge in [-0.3, -0.25) is 13.8 Å². The first-order valence-corrected chi connectivity index (χ1v) is 17.5. The first kappa shape index (κ1) is 37.1. The Bertz CT molecular complexity index is 1060. The van der Waals surface area contributed by atoms with Crippen LogP contribution in [0.15, 0.2) is 41.3 Å². The summed E-state index contributed by atoms with van der Waals surface area (Å²) in [6.07, 6.45) is 13.0. The number of unbranched alkanes of at least 4 members (excludes halogenated alkanes) is 5. The summed E-state index contributed by atoms with van der Waals surface area (Å²) in [4.78, 5) is 24.8. The zero-order valence-electron chi connectivity index (χ0n) is 26.8. The zero-order chi connectivity index (χ0) is 31.5. The molecule has 0 saturated heterocycles. The first-order chi connectivity index (χ1) is 20.7. The van der Waals surface area contributed by atoms with Gasteiger partial charge in [0, 0.05) is 25.6 Å². The van der Waals surface area contributed by atoms with Crippen LogP contribution < -0.4 is 0 Å². The molecule has 8 nitrogen and oxygen atoms in total. The van der Waals surface area contributed by atoms with Crippen molar-refractivity contribution in [3.63, 3.8) is 0 Å². The fourth-order valence-electron chi connectivity index (χ4n) is 5.25. The van der Waals surface area contributed by atoms with Crippen molar-refractivity contribution in [1.82, 2.24) is 0 Å². The lowest BCUT2D eigenvalue weighted by Crippen LogP contribution is -2.23. The van der Waals surface area contributed by atoms with Crippen molar-refractivity contribution < 1.29 is 36.4 Å². The van der Waals surface area contributed by atoms with Crippen molar-refractivity contribution in [2.45, 2.75) is 96.8 Å². The molecule has 244 valence electrons. The van der Waals surface area contributed by atoms with E-state index in [0.29, 0.717) is 45.7 Å². The van der Waals surface area contributed by atoms with Gasteiger partial charge >= 0.3 is 5.97 Å². The highest BCUT2D eigenvalue weighted by Gasteiger charge is 2.42. The Morgan fingerprint density at radius 1 is 0.930 bits per heavy atom. The summed E-state index contributed by atoms with van der Waals surface area (Å²) in [5, 5.41) is 0. The molecule has 1 aliphatic rings. The third kappa shape index (κ3) is 14.5. The minimum absolute atomic E-state index is 0.0325. The topological polar surface area (TPSA) is 105 Å². The van der Waals surface area contributed by atoms with E-state index in [1.165, 1.54) is 25.7 Å². The molecule has 2 rings (SSSR count). The van der Waals surface area contributed by atoms with Gasteiger partial charge in [0.2, 0.25) is 0 Å². The molecule has 1 aromatic carbocycles. The Hall–Kier alpha value is -2.07. The first-order valence-electron chi connectivity index (χ1n) is 16.1. The molecule has 43 heavy (non-hydrogen) atoms. The van der Waals surface area contributed by atoms with E-state index in [2.05, 4.69) is 6.92 Å². The normalized spacial score (nSPS) is 19.1. The molecule has 1 fully saturated rings. The molecule has 0 aliphatic heterocycles. The molecule has 0 bridgehead atoms. The maximum atomic E-state index is 13.1. The third-order valence-electron chi connectivity index (χ3n) is 7.89. The van der Waals surface area contributed by atoms with Crippen molar-refractivity contribution in [2.24, 2.45) is 23.7 Å². The summed E-state index contributed by atoms with van der Waals surface area (Å²) >= 11 is 0. The van der Waals surface area contributed by atoms with Gasteiger partial charge in [-0.2, -0.15) is 8.42 Å². The van der Waals surface area contributed by atoms with Crippen LogP contribution in [0.1, 0.15) is 90.5 Å². The van der Waals surface area contributed by atoms with Gasteiger partial charge in [-0.05, 0) is 63.0 Å². The summed E-state index contributed by atoms with van der Waals surface area (Å²) in [6.45, 7) is 10.3. The number of benzene rings is 1. The maximum Gasteiger partial charge on any atom is 0.308 e. The lowest BCUT2D eigenvalue weighted by atomic mass is 9.85. The number of hydrogen-bond donors (Lipinski definition) is 0. The molecule has 0 amide bonds. The Labute approximate surface area is 260 Å². The fourth-order valence-corrected chi connectivity index (χ4v) is 6.21. The smallest absolute Gasteiger partial charge is 0.308 e. The number of aryl methyl sites for hydroxylation is 1. The second kappa shape index (κ2) is 20.8. The van der Waals surface area contributed by atoms with Gasteiger partial charge in [-0.1, -0.05) is 76.3 Å². The van der Waals surface area contributed by atoms with Crippen LogP contribution >= 0.6 is 0 Å². The van der Waals surface area contributed by atoms with Gasteiger partial charge in [-0.15, -0.1) is 0 Å². The van der Waals surface area contributed by atoms with E-state index in [9.17, 15) is 18.0 Å². The number of hydrogen-bond acceptors (Lipinski definition) is 8. The quantitative estimate of drug-likeness (QED) is 0.0565. The SMILES string of the molecule is CCCCCCCOCCOCC[C@@H]1C(C/C=C\CCCOC(=O)C(C)C)C(=O)C[C@H]1COS(=O)(=O)c1ccc(C)cc1. The monoisotopic (exact) mass is 622 g/mol. The number of carbonyl (C=O) groups is 2. The van der Waals surface area contributed by atoms with E-state index in [1.807, 2.05) is 32.9 Å². The Kier molecular flexibility index (Phi) is 18.0. The maximum absolute atomic E-state index is 13.1. The van der Waals surface area contributed by atoms with Crippen molar-refractivity contribution in [3.05, 3.63) is 42.0 Å². The van der Waals surface area contributed by atoms with E-state index in [1.54, 1.807) is 24.3 Å². The number of rotatable bonds is 23. The minimum atomic E-state index is -3.92. The molecule has 1 aromatic rings. The molecule has 1 aliphatic carbocycles. The number of ether oxygens (including phenoxy) is 3. The molecule has 3 atom stereocenters. The van der Waals surface area contributed by atoms with Crippen molar-refractivity contribution in [1.29, 1.82) is 0 Å². The van der Waals surface area contributed by atoms with Crippen LogP contribution in [0.4, 0.5) is 0 Å². The van der Waals surface area contributed by atoms with Gasteiger partial charge in [0.15, 0.2) is 0 Å². The highest BCUT2D eigenvalue weighted by Crippen LogP contribution is 2.39. The molecule has 9 heteroatoms. The van der Waals surface area contributed by atoms with Crippen LogP contribution in [0.2, 0.25) is 0 Å². The Morgan fingerprint density at radius 3 is 2.33 bits per heavy atom. The average molecular weight is 623 g/mol. The summed E-state index contributed by atoms with van der Waals surface area (Å²) in [7, 11) is -3.92. The van der Waals surface area contributed by atoms with Crippen LogP contribution in [0.3, 0.4) is 0 Å². The molecule has 1 saturated carbocycles. The highest BCUT2D eigenvalue weighted by molar-refractivity contribution is 7.86. The molecular weight excluding hydrogens is 568 g/mol. The number of esters is 1. The number of carbonyl (C=O) groups excluding carboxylic acids is 2. The third-order valence-corrected chi connectivity index (χ3v) is 9.19. The van der Waals surface area contributed by atoms with Gasteiger partial charge in [0.1, 0.15) is 5.78 Å². The summed E-state index contributed by atoms with van der Waals surface area (Å²) in [6, 6.07) is 6.56. The summed E-state index contributed by atoms with van der Waals surface area (Å²) < 4.78 is 47.9. The van der Waals surface area contributed by atoms with Crippen molar-refractivity contribution in [3.8, 4) is 0 Å². The Balaban J connectivity index is 1.87. The summed E-state index contributed by atoms with van der Waals surface area (Å²) in [5.74, 6) is -0.665. The lowest BCUT2D eigenvalue weighted by molar-refractivity contribution is -0.147. The van der Waals surface area contributed by atoms with E-state index in [-0.39, 0.29) is 46.9 Å². The van der Waals surface area contributed by atoms with Crippen LogP contribution in [0.5, 0.6) is 0 Å². The van der Waals surface area contributed by atoms with Crippen LogP contribution in [-0.4, -0.2) is 59.8 Å². The fraction of sp³-hybridized carbons (Fsp3) is 0.706. The number of ketones is 1. The highest BCUT2D eigenvalue weighted by atomic mass is 32.2. The predicted octanol–water partition coefficient (Wildman–Crippen LogP) is 6.84. The minimum Gasteiger partial charge on any atom is -0.465 e. The zero-order valence-corrected chi connectivity index (χ0v) is 27.6. The lowest BCUT2D eigenvalue weighted by Gasteiger charge is -2.23. The largest absolute Gasteiger partial charge is 0.465 e. The van der Waals surface area contributed by atoms with E-state index in [0.717, 1.165) is 31.4 Å². The Morgan fingerprint density at radius 2 is 1.63 bits per heavy atom. The predicted molar refractivity (Wildman–Crippen MR) is 168 cm³/mol. The van der Waals surface area contributed by atoms with Crippen LogP contribution in [0, 0.1) is 30.6 Å². The molecule has 1 unspecified atom stereocenters. The average Bonchev–Trinajstić information content (AvgIpc) is 3.28. The van der Waals surface area contributed by atoms with Crippen molar-refractivity contribution >= 4 is 21.9 Å². The van der Waals surface area contributed by atoms with Crippen LogP contribution in [-0.2, 0) is 38.1 Å². The van der Waals surface area contributed by atoms with E-state index >= 15 is 0 Å². The van der Waals surface area contributed by atoms with Gasteiger partial charge in [0.25, 0.3) is 10.1 Å². The molecular formula is C34H54O8S. The standard InChI is InChI=1S/C34H54O8S/c1-5-6-7-9-12-20-39-23-24-40-22-19-31-29(26-42-43(37,38)30-17-15-28(4)16-18-30)25-33(35)32(31)14-11-8-10-13-21-41-34(36)27(2)3/h8,11,15-18,27,29,31-32H,5-7,9-10,12-14,19-26H2,1-4H3/b11-8-/t29-,31-,32?/m0/s1. The molecule has 0 radical (unpaired) electrons. The molecule has 0 spiro atoms. The van der Waals surface area contributed by atoms with E-state index in [4.69, 9.17) is 18.4 Å². The second-order valence-corrected chi connectivity index (χ2v) is 13.5. The second-order valence-electron chi connectivity index (χ2n) is 11.9. The van der Waals surface area contributed by atoms with Gasteiger partial charge in [-0.25, -0.2) is 0 Å². The number of Topliss-reactive ketones (excluding diaryl/α,β-unsaturated/α-hetero) is 1. The molecule has 0 heterocycles. The van der Waals surface area contributed by atoms with Crippen LogP contribution in [0.25, 0.3) is 0 Å². The summed E-state index contributed by atoms with van der Waals surface area (Å²) in [5.41, 5.74) is 0.963. The number of allylic oxidation sites excluding steroid dienone is 2. The van der Waals surface area contributed by atoms with E-state index < -0.39 is 10.1 Å². The van der Waals surface area contributed by atoms with Gasteiger partial charge in [0.05, 0.1) is 37.2 Å². The molecule has 0 aromatic heterocycles. The molecule has 0 N–H and O–H groups in total. The van der Waals surface area contributed by atoms with Crippen molar-refractivity contribution in [2.75, 3.05) is 39.6 Å².